The van der Waals surface area contributed by atoms with Gasteiger partial charge in [-0.2, -0.15) is 0 Å². The Bertz CT molecular complexity index is 1210. The van der Waals surface area contributed by atoms with Crippen molar-refractivity contribution in [3.63, 3.8) is 0 Å². The van der Waals surface area contributed by atoms with Crippen LogP contribution < -0.4 is 5.32 Å². The molecule has 1 aliphatic rings. The number of hydrogen-bond acceptors (Lipinski definition) is 4. The van der Waals surface area contributed by atoms with E-state index in [1.165, 1.54) is 17.0 Å². The SMILES string of the molecule is Cc1ccsc1CN(Cc1ccc(F)cc1)C(=O)CN(CC1CCCO1)C(=O)Nc1c(Cl)cccc1Cl. The van der Waals surface area contributed by atoms with Crippen LogP contribution in [-0.4, -0.2) is 47.5 Å². The minimum absolute atomic E-state index is 0.162. The zero-order valence-corrected chi connectivity index (χ0v) is 22.7. The van der Waals surface area contributed by atoms with E-state index in [9.17, 15) is 14.0 Å². The number of halogens is 3. The highest BCUT2D eigenvalue weighted by Crippen LogP contribution is 2.30. The van der Waals surface area contributed by atoms with Crippen molar-refractivity contribution in [2.24, 2.45) is 0 Å². The van der Waals surface area contributed by atoms with Crippen LogP contribution in [0.3, 0.4) is 0 Å². The van der Waals surface area contributed by atoms with Gasteiger partial charge in [0.05, 0.1) is 28.4 Å². The molecule has 2 aromatic carbocycles. The van der Waals surface area contributed by atoms with E-state index in [0.29, 0.717) is 23.2 Å². The molecular formula is C27H28Cl2FN3O3S. The number of urea groups is 1. The second kappa shape index (κ2) is 12.7. The predicted molar refractivity (Wildman–Crippen MR) is 146 cm³/mol. The molecule has 1 fully saturated rings. The minimum Gasteiger partial charge on any atom is -0.376 e. The number of ether oxygens (including phenoxy) is 1. The van der Waals surface area contributed by atoms with Crippen LogP contribution in [0.2, 0.25) is 10.0 Å². The van der Waals surface area contributed by atoms with Gasteiger partial charge in [0, 0.05) is 24.6 Å². The lowest BCUT2D eigenvalue weighted by molar-refractivity contribution is -0.133. The van der Waals surface area contributed by atoms with Gasteiger partial charge in [-0.25, -0.2) is 9.18 Å². The molecule has 0 aliphatic carbocycles. The second-order valence-corrected chi connectivity index (χ2v) is 10.8. The minimum atomic E-state index is -0.493. The molecule has 0 saturated carbocycles. The number of anilines is 1. The topological polar surface area (TPSA) is 61.9 Å². The maximum atomic E-state index is 13.7. The summed E-state index contributed by atoms with van der Waals surface area (Å²) in [4.78, 5) is 31.2. The van der Waals surface area contributed by atoms with E-state index in [2.05, 4.69) is 5.32 Å². The molecule has 196 valence electrons. The molecule has 3 aromatic rings. The van der Waals surface area contributed by atoms with E-state index >= 15 is 0 Å². The Morgan fingerprint density at radius 2 is 1.81 bits per heavy atom. The number of nitrogens with one attached hydrogen (secondary N) is 1. The van der Waals surface area contributed by atoms with Crippen molar-refractivity contribution < 1.29 is 18.7 Å². The largest absolute Gasteiger partial charge is 0.376 e. The van der Waals surface area contributed by atoms with Crippen LogP contribution in [0.1, 0.15) is 28.8 Å². The average Bonchev–Trinajstić information content (AvgIpc) is 3.53. The van der Waals surface area contributed by atoms with E-state index in [1.54, 1.807) is 46.6 Å². The van der Waals surface area contributed by atoms with Crippen LogP contribution in [0, 0.1) is 12.7 Å². The van der Waals surface area contributed by atoms with Crippen LogP contribution in [0.4, 0.5) is 14.9 Å². The molecule has 3 amide bonds. The maximum Gasteiger partial charge on any atom is 0.322 e. The smallest absolute Gasteiger partial charge is 0.322 e. The van der Waals surface area contributed by atoms with Crippen molar-refractivity contribution in [3.8, 4) is 0 Å². The van der Waals surface area contributed by atoms with Crippen molar-refractivity contribution in [1.29, 1.82) is 0 Å². The van der Waals surface area contributed by atoms with Crippen molar-refractivity contribution in [2.75, 3.05) is 25.0 Å². The first kappa shape index (κ1) is 27.4. The van der Waals surface area contributed by atoms with Gasteiger partial charge in [-0.1, -0.05) is 41.4 Å². The number of aryl methyl sites for hydroxylation is 1. The first-order valence-electron chi connectivity index (χ1n) is 12.0. The number of hydrogen-bond donors (Lipinski definition) is 1. The molecule has 0 spiro atoms. The summed E-state index contributed by atoms with van der Waals surface area (Å²) < 4.78 is 19.2. The maximum absolute atomic E-state index is 13.7. The Morgan fingerprint density at radius 1 is 1.08 bits per heavy atom. The number of thiophene rings is 1. The quantitative estimate of drug-likeness (QED) is 0.313. The second-order valence-electron chi connectivity index (χ2n) is 8.95. The number of nitrogens with zero attached hydrogens (tertiary/aromatic N) is 2. The van der Waals surface area contributed by atoms with Gasteiger partial charge in [-0.05, 0) is 66.6 Å². The van der Waals surface area contributed by atoms with Gasteiger partial charge in [0.2, 0.25) is 5.91 Å². The van der Waals surface area contributed by atoms with E-state index in [4.69, 9.17) is 27.9 Å². The van der Waals surface area contributed by atoms with Crippen molar-refractivity contribution in [3.05, 3.63) is 85.8 Å². The summed E-state index contributed by atoms with van der Waals surface area (Å²) in [6, 6.07) is 12.5. The van der Waals surface area contributed by atoms with Crippen molar-refractivity contribution in [2.45, 2.75) is 39.0 Å². The fraction of sp³-hybridized carbons (Fsp3) is 0.333. The molecule has 10 heteroatoms. The van der Waals surface area contributed by atoms with Gasteiger partial charge in [-0.15, -0.1) is 11.3 Å². The van der Waals surface area contributed by atoms with Gasteiger partial charge >= 0.3 is 6.03 Å². The number of benzene rings is 2. The number of rotatable bonds is 9. The van der Waals surface area contributed by atoms with Crippen molar-refractivity contribution in [1.82, 2.24) is 9.80 Å². The first-order valence-corrected chi connectivity index (χ1v) is 13.6. The lowest BCUT2D eigenvalue weighted by Crippen LogP contribution is -2.46. The highest BCUT2D eigenvalue weighted by Gasteiger charge is 2.27. The predicted octanol–water partition coefficient (Wildman–Crippen LogP) is 6.74. The summed E-state index contributed by atoms with van der Waals surface area (Å²) >= 11 is 14.1. The van der Waals surface area contributed by atoms with Crippen molar-refractivity contribution >= 4 is 52.2 Å². The molecule has 2 heterocycles. The molecule has 1 saturated heterocycles. The van der Waals surface area contributed by atoms with Crippen LogP contribution >= 0.6 is 34.5 Å². The third-order valence-electron chi connectivity index (χ3n) is 6.20. The van der Waals surface area contributed by atoms with Crippen LogP contribution in [0.5, 0.6) is 0 Å². The van der Waals surface area contributed by atoms with Crippen LogP contribution in [0.15, 0.2) is 53.9 Å². The molecule has 6 nitrogen and oxygen atoms in total. The van der Waals surface area contributed by atoms with E-state index in [-0.39, 0.29) is 43.2 Å². The van der Waals surface area contributed by atoms with Gasteiger partial charge in [0.15, 0.2) is 0 Å². The average molecular weight is 565 g/mol. The van der Waals surface area contributed by atoms with Crippen LogP contribution in [0.25, 0.3) is 0 Å². The number of carbonyl (C=O) groups is 2. The zero-order chi connectivity index (χ0) is 26.4. The lowest BCUT2D eigenvalue weighted by Gasteiger charge is -2.29. The molecule has 1 aromatic heterocycles. The third-order valence-corrected chi connectivity index (χ3v) is 7.84. The van der Waals surface area contributed by atoms with E-state index in [1.807, 2.05) is 18.4 Å². The monoisotopic (exact) mass is 563 g/mol. The van der Waals surface area contributed by atoms with E-state index < -0.39 is 6.03 Å². The summed E-state index contributed by atoms with van der Waals surface area (Å²) in [5, 5.41) is 5.35. The van der Waals surface area contributed by atoms with Gasteiger partial charge < -0.3 is 19.9 Å². The highest BCUT2D eigenvalue weighted by molar-refractivity contribution is 7.10. The Balaban J connectivity index is 1.55. The molecule has 37 heavy (non-hydrogen) atoms. The summed E-state index contributed by atoms with van der Waals surface area (Å²) in [5.74, 6) is -0.580. The first-order chi connectivity index (χ1) is 17.8. The third kappa shape index (κ3) is 7.45. The normalized spacial score (nSPS) is 15.0. The Hall–Kier alpha value is -2.65. The lowest BCUT2D eigenvalue weighted by atomic mass is 10.2. The fourth-order valence-corrected chi connectivity index (χ4v) is 5.51. The van der Waals surface area contributed by atoms with Gasteiger partial charge in [0.25, 0.3) is 0 Å². The Labute approximate surface area is 229 Å². The summed E-state index contributed by atoms with van der Waals surface area (Å²) in [5.41, 5.74) is 2.17. The van der Waals surface area contributed by atoms with Gasteiger partial charge in [0.1, 0.15) is 12.4 Å². The summed E-state index contributed by atoms with van der Waals surface area (Å²) in [7, 11) is 0. The summed E-state index contributed by atoms with van der Waals surface area (Å²) in [6.07, 6.45) is 1.54. The fourth-order valence-electron chi connectivity index (χ4n) is 4.10. The Kier molecular flexibility index (Phi) is 9.43. The molecule has 4 rings (SSSR count). The standard InChI is InChI=1S/C27H28Cl2FN3O3S/c1-18-11-13-37-24(18)16-32(14-19-7-9-20(30)10-8-19)25(34)17-33(15-21-4-3-12-36-21)27(35)31-26-22(28)5-2-6-23(26)29/h2,5-11,13,21H,3-4,12,14-17H2,1H3,(H,31,35). The van der Waals surface area contributed by atoms with E-state index in [0.717, 1.165) is 28.8 Å². The Morgan fingerprint density at radius 3 is 2.43 bits per heavy atom. The molecule has 1 N–H and O–H groups in total. The number of para-hydroxylation sites is 1. The summed E-state index contributed by atoms with van der Waals surface area (Å²) in [6.45, 7) is 3.37. The molecule has 0 radical (unpaired) electrons. The molecule has 1 atom stereocenters. The highest BCUT2D eigenvalue weighted by atomic mass is 35.5. The number of carbonyl (C=O) groups excluding carboxylic acids is 2. The van der Waals surface area contributed by atoms with Crippen LogP contribution in [-0.2, 0) is 22.6 Å². The number of amides is 3. The van der Waals surface area contributed by atoms with Gasteiger partial charge in [-0.3, -0.25) is 4.79 Å². The molecule has 1 aliphatic heterocycles. The molecule has 1 unspecified atom stereocenters. The molecule has 0 bridgehead atoms. The molecular weight excluding hydrogens is 536 g/mol. The zero-order valence-electron chi connectivity index (χ0n) is 20.4.